The van der Waals surface area contributed by atoms with Crippen LogP contribution in [0.3, 0.4) is 0 Å². The Morgan fingerprint density at radius 2 is 2.26 bits per heavy atom. The topological polar surface area (TPSA) is 55.1 Å². The first kappa shape index (κ1) is 13.9. The average molecular weight is 278 g/mol. The van der Waals surface area contributed by atoms with Crippen molar-refractivity contribution in [3.63, 3.8) is 0 Å². The van der Waals surface area contributed by atoms with E-state index in [1.165, 1.54) is 0 Å². The molecule has 1 aromatic carbocycles. The van der Waals surface area contributed by atoms with Gasteiger partial charge in [-0.1, -0.05) is 6.92 Å². The smallest absolute Gasteiger partial charge is 0.335 e. The molecule has 1 heterocycles. The molecule has 1 aromatic heterocycles. The number of aromatic carboxylic acids is 1. The second-order valence-electron chi connectivity index (χ2n) is 4.56. The number of hydrogen-bond donors (Lipinski definition) is 1. The number of rotatable bonds is 5. The van der Waals surface area contributed by atoms with Crippen LogP contribution in [0, 0.1) is 0 Å². The van der Waals surface area contributed by atoms with Gasteiger partial charge >= 0.3 is 5.97 Å². The number of carboxylic acid groups (broad SMARTS) is 1. The van der Waals surface area contributed by atoms with E-state index in [1.807, 2.05) is 6.07 Å². The molecule has 0 aliphatic carbocycles. The number of fused-ring (bicyclic) bond motifs is 1. The summed E-state index contributed by atoms with van der Waals surface area (Å²) in [5, 5.41) is 9.03. The zero-order valence-corrected chi connectivity index (χ0v) is 12.2. The van der Waals surface area contributed by atoms with Crippen LogP contribution in [-0.2, 0) is 6.42 Å². The number of imidazole rings is 1. The Kier molecular flexibility index (Phi) is 4.14. The number of aromatic nitrogens is 2. The van der Waals surface area contributed by atoms with E-state index in [1.54, 1.807) is 23.9 Å². The Bertz CT molecular complexity index is 607. The number of thioether (sulfide) groups is 1. The minimum Gasteiger partial charge on any atom is -0.478 e. The van der Waals surface area contributed by atoms with Crippen LogP contribution in [-0.4, -0.2) is 32.6 Å². The lowest BCUT2D eigenvalue weighted by molar-refractivity contribution is 0.0697. The highest BCUT2D eigenvalue weighted by atomic mass is 32.2. The standard InChI is InChI=1S/C14H18N2O2S/c1-4-13-15-11-7-10(14(17)18)5-6-12(11)16(13)9(2)8-19-3/h5-7,9H,4,8H2,1-3H3,(H,17,18). The summed E-state index contributed by atoms with van der Waals surface area (Å²) < 4.78 is 2.22. The van der Waals surface area contributed by atoms with E-state index in [9.17, 15) is 4.79 Å². The minimum atomic E-state index is -0.910. The molecule has 1 atom stereocenters. The molecule has 1 unspecified atom stereocenters. The zero-order valence-electron chi connectivity index (χ0n) is 11.4. The van der Waals surface area contributed by atoms with Crippen LogP contribution >= 0.6 is 11.8 Å². The molecule has 2 aromatic rings. The minimum absolute atomic E-state index is 0.289. The van der Waals surface area contributed by atoms with Gasteiger partial charge in [0, 0.05) is 18.2 Å². The monoisotopic (exact) mass is 278 g/mol. The number of hydrogen-bond acceptors (Lipinski definition) is 3. The Balaban J connectivity index is 2.58. The molecule has 2 rings (SSSR count). The van der Waals surface area contributed by atoms with Gasteiger partial charge in [-0.05, 0) is 31.4 Å². The summed E-state index contributed by atoms with van der Waals surface area (Å²) in [7, 11) is 0. The lowest BCUT2D eigenvalue weighted by atomic mass is 10.2. The van der Waals surface area contributed by atoms with Crippen LogP contribution in [0.1, 0.15) is 36.1 Å². The Morgan fingerprint density at radius 1 is 1.53 bits per heavy atom. The molecular formula is C14H18N2O2S. The molecule has 0 saturated carbocycles. The molecule has 0 radical (unpaired) electrons. The highest BCUT2D eigenvalue weighted by Crippen LogP contribution is 2.24. The molecule has 0 aliphatic heterocycles. The van der Waals surface area contributed by atoms with Crippen molar-refractivity contribution in [1.82, 2.24) is 9.55 Å². The maximum Gasteiger partial charge on any atom is 0.335 e. The number of nitrogens with zero attached hydrogens (tertiary/aromatic N) is 2. The van der Waals surface area contributed by atoms with E-state index >= 15 is 0 Å². The summed E-state index contributed by atoms with van der Waals surface area (Å²) in [4.78, 5) is 15.6. The van der Waals surface area contributed by atoms with Crippen molar-refractivity contribution in [3.8, 4) is 0 Å². The van der Waals surface area contributed by atoms with Crippen LogP contribution in [0.4, 0.5) is 0 Å². The lowest BCUT2D eigenvalue weighted by Gasteiger charge is -2.16. The van der Waals surface area contributed by atoms with Crippen LogP contribution in [0.2, 0.25) is 0 Å². The second kappa shape index (κ2) is 5.65. The molecule has 4 nitrogen and oxygen atoms in total. The second-order valence-corrected chi connectivity index (χ2v) is 5.48. The van der Waals surface area contributed by atoms with Gasteiger partial charge in [-0.25, -0.2) is 9.78 Å². The largest absolute Gasteiger partial charge is 0.478 e. The van der Waals surface area contributed by atoms with Crippen LogP contribution < -0.4 is 0 Å². The van der Waals surface area contributed by atoms with Gasteiger partial charge < -0.3 is 9.67 Å². The molecule has 1 N–H and O–H groups in total. The Hall–Kier alpha value is -1.49. The van der Waals surface area contributed by atoms with Gasteiger partial charge in [0.2, 0.25) is 0 Å². The molecule has 102 valence electrons. The van der Waals surface area contributed by atoms with Crippen molar-refractivity contribution in [2.24, 2.45) is 0 Å². The summed E-state index contributed by atoms with van der Waals surface area (Å²) in [5.41, 5.74) is 2.07. The fourth-order valence-electron chi connectivity index (χ4n) is 2.34. The summed E-state index contributed by atoms with van der Waals surface area (Å²) in [5.74, 6) is 1.12. The van der Waals surface area contributed by atoms with E-state index in [2.05, 4.69) is 29.7 Å². The maximum absolute atomic E-state index is 11.0. The van der Waals surface area contributed by atoms with E-state index in [0.717, 1.165) is 29.0 Å². The molecule has 5 heteroatoms. The predicted octanol–water partition coefficient (Wildman–Crippen LogP) is 3.22. The summed E-state index contributed by atoms with van der Waals surface area (Å²) in [6.07, 6.45) is 2.93. The average Bonchev–Trinajstić information content (AvgIpc) is 2.76. The van der Waals surface area contributed by atoms with E-state index in [0.29, 0.717) is 6.04 Å². The lowest BCUT2D eigenvalue weighted by Crippen LogP contribution is -2.11. The van der Waals surface area contributed by atoms with E-state index < -0.39 is 5.97 Å². The van der Waals surface area contributed by atoms with Gasteiger partial charge in [0.15, 0.2) is 0 Å². The summed E-state index contributed by atoms with van der Waals surface area (Å²) >= 11 is 1.80. The number of carbonyl (C=O) groups is 1. The molecule has 19 heavy (non-hydrogen) atoms. The van der Waals surface area contributed by atoms with Gasteiger partial charge in [0.05, 0.1) is 16.6 Å². The zero-order chi connectivity index (χ0) is 14.0. The predicted molar refractivity (Wildman–Crippen MR) is 79.2 cm³/mol. The van der Waals surface area contributed by atoms with Gasteiger partial charge in [0.1, 0.15) is 5.82 Å². The van der Waals surface area contributed by atoms with Crippen molar-refractivity contribution in [2.75, 3.05) is 12.0 Å². The third-order valence-corrected chi connectivity index (χ3v) is 3.99. The van der Waals surface area contributed by atoms with Gasteiger partial charge in [-0.15, -0.1) is 0 Å². The van der Waals surface area contributed by atoms with Crippen LogP contribution in [0.15, 0.2) is 18.2 Å². The van der Waals surface area contributed by atoms with Crippen molar-refractivity contribution in [2.45, 2.75) is 26.3 Å². The molecule has 0 aliphatic rings. The van der Waals surface area contributed by atoms with Crippen molar-refractivity contribution >= 4 is 28.8 Å². The quantitative estimate of drug-likeness (QED) is 0.912. The first-order chi connectivity index (χ1) is 9.08. The molecule has 0 amide bonds. The first-order valence-corrected chi connectivity index (χ1v) is 7.71. The van der Waals surface area contributed by atoms with Crippen molar-refractivity contribution in [3.05, 3.63) is 29.6 Å². The molecular weight excluding hydrogens is 260 g/mol. The fraction of sp³-hybridized carbons (Fsp3) is 0.429. The molecule has 0 bridgehead atoms. The number of carboxylic acids is 1. The third kappa shape index (κ3) is 2.61. The SMILES string of the molecule is CCc1nc2cc(C(=O)O)ccc2n1C(C)CSC. The normalized spacial score (nSPS) is 12.8. The van der Waals surface area contributed by atoms with Crippen LogP contribution in [0.25, 0.3) is 11.0 Å². The first-order valence-electron chi connectivity index (χ1n) is 6.31. The third-order valence-electron chi connectivity index (χ3n) is 3.17. The van der Waals surface area contributed by atoms with Gasteiger partial charge in [0.25, 0.3) is 0 Å². The number of aryl methyl sites for hydroxylation is 1. The summed E-state index contributed by atoms with van der Waals surface area (Å²) in [6.45, 7) is 4.24. The van der Waals surface area contributed by atoms with Gasteiger partial charge in [-0.3, -0.25) is 0 Å². The maximum atomic E-state index is 11.0. The van der Waals surface area contributed by atoms with E-state index in [-0.39, 0.29) is 5.56 Å². The fourth-order valence-corrected chi connectivity index (χ4v) is 2.97. The Morgan fingerprint density at radius 3 is 2.84 bits per heavy atom. The molecule has 0 spiro atoms. The van der Waals surface area contributed by atoms with E-state index in [4.69, 9.17) is 5.11 Å². The molecule has 0 fully saturated rings. The van der Waals surface area contributed by atoms with Gasteiger partial charge in [-0.2, -0.15) is 11.8 Å². The highest BCUT2D eigenvalue weighted by Gasteiger charge is 2.15. The van der Waals surface area contributed by atoms with Crippen LogP contribution in [0.5, 0.6) is 0 Å². The number of benzene rings is 1. The van der Waals surface area contributed by atoms with Crippen molar-refractivity contribution < 1.29 is 9.90 Å². The Labute approximate surface area is 116 Å². The summed E-state index contributed by atoms with van der Waals surface area (Å²) in [6, 6.07) is 5.51. The van der Waals surface area contributed by atoms with Crippen molar-refractivity contribution in [1.29, 1.82) is 0 Å². The molecule has 0 saturated heterocycles. The highest BCUT2D eigenvalue weighted by molar-refractivity contribution is 7.98.